The number of nitrogens with zero attached hydrogens (tertiary/aromatic N) is 3. The largest absolute Gasteiger partial charge is 0.395 e. The maximum absolute atomic E-state index is 9.73. The van der Waals surface area contributed by atoms with Crippen LogP contribution in [0.15, 0.2) is 0 Å². The van der Waals surface area contributed by atoms with Crippen molar-refractivity contribution in [2.75, 3.05) is 45.9 Å². The molecule has 0 aliphatic carbocycles. The van der Waals surface area contributed by atoms with Gasteiger partial charge in [0.05, 0.1) is 6.61 Å². The van der Waals surface area contributed by atoms with Crippen LogP contribution in [0.3, 0.4) is 0 Å². The van der Waals surface area contributed by atoms with Gasteiger partial charge < -0.3 is 10.0 Å². The highest BCUT2D eigenvalue weighted by atomic mass is 16.3. The highest BCUT2D eigenvalue weighted by Crippen LogP contribution is 2.22. The smallest absolute Gasteiger partial charge is 0.0599 e. The van der Waals surface area contributed by atoms with Crippen LogP contribution < -0.4 is 0 Å². The first-order valence-electron chi connectivity index (χ1n) is 8.84. The lowest BCUT2D eigenvalue weighted by Crippen LogP contribution is -2.57. The Balaban J connectivity index is 1.80. The van der Waals surface area contributed by atoms with Crippen molar-refractivity contribution in [3.05, 3.63) is 0 Å². The molecule has 2 fully saturated rings. The van der Waals surface area contributed by atoms with Crippen LogP contribution in [0.25, 0.3) is 0 Å². The zero-order valence-electron chi connectivity index (χ0n) is 14.5. The number of likely N-dealkylation sites (tertiary alicyclic amines) is 1. The zero-order chi connectivity index (χ0) is 15.4. The Labute approximate surface area is 131 Å². The van der Waals surface area contributed by atoms with E-state index in [1.807, 2.05) is 0 Å². The van der Waals surface area contributed by atoms with Gasteiger partial charge in [0.15, 0.2) is 0 Å². The van der Waals surface area contributed by atoms with Crippen molar-refractivity contribution in [3.8, 4) is 0 Å². The van der Waals surface area contributed by atoms with Crippen LogP contribution in [0, 0.1) is 5.92 Å². The molecule has 4 heteroatoms. The third kappa shape index (κ3) is 4.65. The Kier molecular flexibility index (Phi) is 6.48. The van der Waals surface area contributed by atoms with Gasteiger partial charge in [-0.2, -0.15) is 0 Å². The normalized spacial score (nSPS) is 27.9. The van der Waals surface area contributed by atoms with Gasteiger partial charge in [0.2, 0.25) is 0 Å². The Morgan fingerprint density at radius 1 is 0.905 bits per heavy atom. The van der Waals surface area contributed by atoms with Gasteiger partial charge in [-0.3, -0.25) is 9.80 Å². The molecular weight excluding hydrogens is 262 g/mol. The topological polar surface area (TPSA) is 30.0 Å². The fraction of sp³-hybridized carbons (Fsp3) is 1.00. The predicted octanol–water partition coefficient (Wildman–Crippen LogP) is 1.49. The van der Waals surface area contributed by atoms with Crippen molar-refractivity contribution < 1.29 is 5.11 Å². The summed E-state index contributed by atoms with van der Waals surface area (Å²) in [4.78, 5) is 7.64. The SMILES string of the molecule is CC(C)N1CCC(CN2CCN(C(C)C)C[C@H]2CO)CC1. The maximum atomic E-state index is 9.73. The molecule has 2 saturated heterocycles. The molecule has 2 heterocycles. The van der Waals surface area contributed by atoms with Crippen LogP contribution in [0.2, 0.25) is 0 Å². The molecule has 2 aliphatic heterocycles. The molecule has 1 atom stereocenters. The summed E-state index contributed by atoms with van der Waals surface area (Å²) in [6.45, 7) is 16.4. The van der Waals surface area contributed by atoms with Crippen molar-refractivity contribution >= 4 is 0 Å². The predicted molar refractivity (Wildman–Crippen MR) is 88.6 cm³/mol. The van der Waals surface area contributed by atoms with Crippen LogP contribution >= 0.6 is 0 Å². The molecule has 2 rings (SSSR count). The molecular formula is C17H35N3O. The molecule has 0 unspecified atom stereocenters. The van der Waals surface area contributed by atoms with Crippen molar-refractivity contribution in [2.45, 2.75) is 58.7 Å². The van der Waals surface area contributed by atoms with Crippen LogP contribution in [-0.2, 0) is 0 Å². The first kappa shape index (κ1) is 17.2. The molecule has 0 bridgehead atoms. The number of hydrogen-bond acceptors (Lipinski definition) is 4. The molecule has 0 aromatic carbocycles. The summed E-state index contributed by atoms with van der Waals surface area (Å²) in [6.07, 6.45) is 2.64. The van der Waals surface area contributed by atoms with E-state index in [1.165, 1.54) is 32.5 Å². The van der Waals surface area contributed by atoms with E-state index >= 15 is 0 Å². The fourth-order valence-electron chi connectivity index (χ4n) is 3.78. The molecule has 0 aromatic rings. The minimum Gasteiger partial charge on any atom is -0.395 e. The van der Waals surface area contributed by atoms with Gasteiger partial charge in [-0.25, -0.2) is 0 Å². The van der Waals surface area contributed by atoms with Crippen molar-refractivity contribution in [2.24, 2.45) is 5.92 Å². The summed E-state index contributed by atoms with van der Waals surface area (Å²) in [6, 6.07) is 1.62. The Morgan fingerprint density at radius 3 is 2.05 bits per heavy atom. The van der Waals surface area contributed by atoms with Gasteiger partial charge in [0.25, 0.3) is 0 Å². The fourth-order valence-corrected chi connectivity index (χ4v) is 3.78. The van der Waals surface area contributed by atoms with Crippen LogP contribution in [0.5, 0.6) is 0 Å². The van der Waals surface area contributed by atoms with Gasteiger partial charge in [0.1, 0.15) is 0 Å². The summed E-state index contributed by atoms with van der Waals surface area (Å²) in [5, 5.41) is 9.73. The maximum Gasteiger partial charge on any atom is 0.0599 e. The molecule has 1 N–H and O–H groups in total. The van der Waals surface area contributed by atoms with Gasteiger partial charge >= 0.3 is 0 Å². The molecule has 4 nitrogen and oxygen atoms in total. The molecule has 0 saturated carbocycles. The second-order valence-electron chi connectivity index (χ2n) is 7.49. The third-order valence-electron chi connectivity index (χ3n) is 5.45. The average Bonchev–Trinajstić information content (AvgIpc) is 2.48. The minimum atomic E-state index is 0.300. The summed E-state index contributed by atoms with van der Waals surface area (Å²) in [5.41, 5.74) is 0. The van der Waals surface area contributed by atoms with E-state index < -0.39 is 0 Å². The van der Waals surface area contributed by atoms with Gasteiger partial charge in [0, 0.05) is 44.3 Å². The van der Waals surface area contributed by atoms with Gasteiger partial charge in [-0.15, -0.1) is 0 Å². The van der Waals surface area contributed by atoms with Crippen LogP contribution in [-0.4, -0.2) is 83.8 Å². The number of rotatable bonds is 5. The molecule has 0 amide bonds. The zero-order valence-corrected chi connectivity index (χ0v) is 14.5. The van der Waals surface area contributed by atoms with Crippen molar-refractivity contribution in [1.29, 1.82) is 0 Å². The number of aliphatic hydroxyl groups excluding tert-OH is 1. The summed E-state index contributed by atoms with van der Waals surface area (Å²) < 4.78 is 0. The third-order valence-corrected chi connectivity index (χ3v) is 5.45. The first-order chi connectivity index (χ1) is 10.0. The Bertz CT molecular complexity index is 300. The highest BCUT2D eigenvalue weighted by molar-refractivity contribution is 4.86. The quantitative estimate of drug-likeness (QED) is 0.833. The number of aliphatic hydroxyl groups is 1. The molecule has 2 aliphatic rings. The molecule has 0 aromatic heterocycles. The monoisotopic (exact) mass is 297 g/mol. The molecule has 21 heavy (non-hydrogen) atoms. The summed E-state index contributed by atoms with van der Waals surface area (Å²) >= 11 is 0. The van der Waals surface area contributed by atoms with Crippen molar-refractivity contribution in [3.63, 3.8) is 0 Å². The Hall–Kier alpha value is -0.160. The van der Waals surface area contributed by atoms with E-state index in [0.29, 0.717) is 24.7 Å². The van der Waals surface area contributed by atoms with Crippen LogP contribution in [0.1, 0.15) is 40.5 Å². The lowest BCUT2D eigenvalue weighted by atomic mass is 9.94. The van der Waals surface area contributed by atoms with Crippen LogP contribution in [0.4, 0.5) is 0 Å². The summed E-state index contributed by atoms with van der Waals surface area (Å²) in [7, 11) is 0. The van der Waals surface area contributed by atoms with E-state index in [0.717, 1.165) is 25.6 Å². The first-order valence-corrected chi connectivity index (χ1v) is 8.84. The number of piperazine rings is 1. The molecule has 0 radical (unpaired) electrons. The Morgan fingerprint density at radius 2 is 1.52 bits per heavy atom. The van der Waals surface area contributed by atoms with E-state index in [9.17, 15) is 5.11 Å². The number of hydrogen-bond donors (Lipinski definition) is 1. The lowest BCUT2D eigenvalue weighted by molar-refractivity contribution is 0.0102. The van der Waals surface area contributed by atoms with E-state index in [1.54, 1.807) is 0 Å². The summed E-state index contributed by atoms with van der Waals surface area (Å²) in [5.74, 6) is 0.819. The average molecular weight is 297 g/mol. The van der Waals surface area contributed by atoms with E-state index in [2.05, 4.69) is 42.4 Å². The standard InChI is InChI=1S/C17H35N3O/c1-14(2)18-7-5-16(6-8-18)11-20-10-9-19(15(3)4)12-17(20)13-21/h14-17,21H,5-13H2,1-4H3/t17-/m0/s1. The molecule has 0 spiro atoms. The van der Waals surface area contributed by atoms with Gasteiger partial charge in [-0.1, -0.05) is 0 Å². The molecule has 124 valence electrons. The highest BCUT2D eigenvalue weighted by Gasteiger charge is 2.30. The number of piperidine rings is 1. The second kappa shape index (κ2) is 7.91. The second-order valence-corrected chi connectivity index (χ2v) is 7.49. The van der Waals surface area contributed by atoms with Gasteiger partial charge in [-0.05, 0) is 59.5 Å². The lowest BCUT2D eigenvalue weighted by Gasteiger charge is -2.44. The minimum absolute atomic E-state index is 0.300. The van der Waals surface area contributed by atoms with E-state index in [4.69, 9.17) is 0 Å². The van der Waals surface area contributed by atoms with Crippen molar-refractivity contribution in [1.82, 2.24) is 14.7 Å². The van der Waals surface area contributed by atoms with E-state index in [-0.39, 0.29) is 0 Å².